The Morgan fingerprint density at radius 2 is 1.24 bits per heavy atom. The van der Waals surface area contributed by atoms with Crippen molar-refractivity contribution in [2.75, 3.05) is 0 Å². The van der Waals surface area contributed by atoms with Crippen molar-refractivity contribution in [1.82, 2.24) is 16.0 Å². The molecule has 0 spiro atoms. The zero-order valence-electron chi connectivity index (χ0n) is 20.4. The van der Waals surface area contributed by atoms with Crippen LogP contribution in [0.15, 0.2) is 0 Å². The van der Waals surface area contributed by atoms with E-state index in [2.05, 4.69) is 16.0 Å². The standard InChI is InChI=1S/C22H40N4O7/c1-7-12(5)17(25-19(29)14(23)10-16(27)28)21(31)24-15(9-11(3)4)20(30)26-18(22(32)33)13(6)8-2/h11-15,17-18H,7-10,23H2,1-6H3,(H,24,31)(H,25,29)(H,26,30)(H,27,28)(H,32,33). The maximum Gasteiger partial charge on any atom is 0.326 e. The molecule has 0 aromatic rings. The molecule has 0 saturated heterocycles. The molecule has 6 atom stereocenters. The highest BCUT2D eigenvalue weighted by Gasteiger charge is 2.33. The Balaban J connectivity index is 5.61. The number of amides is 3. The SMILES string of the molecule is CCC(C)C(NC(=O)C(CC(C)C)NC(=O)C(NC(=O)C(N)CC(=O)O)C(C)CC)C(=O)O. The third-order valence-corrected chi connectivity index (χ3v) is 5.64. The summed E-state index contributed by atoms with van der Waals surface area (Å²) in [7, 11) is 0. The van der Waals surface area contributed by atoms with Crippen molar-refractivity contribution in [1.29, 1.82) is 0 Å². The highest BCUT2D eigenvalue weighted by molar-refractivity contribution is 5.94. The van der Waals surface area contributed by atoms with Gasteiger partial charge in [-0.2, -0.15) is 0 Å². The average molecular weight is 473 g/mol. The summed E-state index contributed by atoms with van der Waals surface area (Å²) in [6, 6.07) is -4.49. The van der Waals surface area contributed by atoms with Gasteiger partial charge in [0.15, 0.2) is 0 Å². The minimum atomic E-state index is -1.33. The van der Waals surface area contributed by atoms with Gasteiger partial charge in [-0.15, -0.1) is 0 Å². The normalized spacial score (nSPS) is 16.6. The average Bonchev–Trinajstić information content (AvgIpc) is 2.72. The molecule has 3 amide bonds. The fraction of sp³-hybridized carbons (Fsp3) is 0.773. The van der Waals surface area contributed by atoms with Crippen LogP contribution in [0.3, 0.4) is 0 Å². The van der Waals surface area contributed by atoms with Crippen LogP contribution in [-0.4, -0.2) is 64.0 Å². The van der Waals surface area contributed by atoms with Gasteiger partial charge in [-0.05, 0) is 24.2 Å². The molecule has 11 heteroatoms. The van der Waals surface area contributed by atoms with Crippen molar-refractivity contribution in [3.8, 4) is 0 Å². The summed E-state index contributed by atoms with van der Waals surface area (Å²) in [6.45, 7) is 10.8. The highest BCUT2D eigenvalue weighted by atomic mass is 16.4. The van der Waals surface area contributed by atoms with E-state index < -0.39 is 60.2 Å². The summed E-state index contributed by atoms with van der Waals surface area (Å²) in [6.07, 6.45) is 0.717. The van der Waals surface area contributed by atoms with Gasteiger partial charge in [0.2, 0.25) is 17.7 Å². The second kappa shape index (κ2) is 14.5. The lowest BCUT2D eigenvalue weighted by Crippen LogP contribution is -2.59. The fourth-order valence-corrected chi connectivity index (χ4v) is 3.14. The maximum atomic E-state index is 13.1. The van der Waals surface area contributed by atoms with Crippen LogP contribution < -0.4 is 21.7 Å². The van der Waals surface area contributed by atoms with E-state index in [0.717, 1.165) is 0 Å². The number of aliphatic carboxylic acids is 2. The van der Waals surface area contributed by atoms with Gasteiger partial charge in [-0.25, -0.2) is 4.79 Å². The zero-order valence-corrected chi connectivity index (χ0v) is 20.4. The lowest BCUT2D eigenvalue weighted by molar-refractivity contribution is -0.144. The molecule has 0 bridgehead atoms. The predicted octanol–water partition coefficient (Wildman–Crippen LogP) is 0.466. The first-order valence-electron chi connectivity index (χ1n) is 11.4. The molecule has 0 fully saturated rings. The molecule has 0 aliphatic rings. The smallest absolute Gasteiger partial charge is 0.326 e. The zero-order chi connectivity index (χ0) is 25.9. The summed E-state index contributed by atoms with van der Waals surface area (Å²) < 4.78 is 0. The second-order valence-corrected chi connectivity index (χ2v) is 8.98. The first-order valence-corrected chi connectivity index (χ1v) is 11.4. The summed E-state index contributed by atoms with van der Waals surface area (Å²) in [5, 5.41) is 26.0. The molecule has 0 aromatic heterocycles. The number of carboxylic acid groups (broad SMARTS) is 2. The Morgan fingerprint density at radius 3 is 1.67 bits per heavy atom. The molecule has 11 nitrogen and oxygen atoms in total. The highest BCUT2D eigenvalue weighted by Crippen LogP contribution is 2.13. The van der Waals surface area contributed by atoms with Crippen LogP contribution in [-0.2, 0) is 24.0 Å². The van der Waals surface area contributed by atoms with Gasteiger partial charge in [0.05, 0.1) is 12.5 Å². The van der Waals surface area contributed by atoms with Crippen LogP contribution in [0.2, 0.25) is 0 Å². The monoisotopic (exact) mass is 472 g/mol. The molecule has 7 N–H and O–H groups in total. The molecule has 33 heavy (non-hydrogen) atoms. The molecular formula is C22H40N4O7. The van der Waals surface area contributed by atoms with Crippen molar-refractivity contribution in [2.24, 2.45) is 23.5 Å². The summed E-state index contributed by atoms with van der Waals surface area (Å²) in [5.41, 5.74) is 5.60. The van der Waals surface area contributed by atoms with E-state index in [0.29, 0.717) is 12.8 Å². The number of hydrogen-bond acceptors (Lipinski definition) is 6. The van der Waals surface area contributed by atoms with E-state index in [1.807, 2.05) is 27.7 Å². The van der Waals surface area contributed by atoms with E-state index >= 15 is 0 Å². The Morgan fingerprint density at radius 1 is 0.758 bits per heavy atom. The van der Waals surface area contributed by atoms with E-state index in [1.54, 1.807) is 13.8 Å². The van der Waals surface area contributed by atoms with Crippen LogP contribution in [0.25, 0.3) is 0 Å². The molecule has 0 rings (SSSR count). The first kappa shape index (κ1) is 30.3. The van der Waals surface area contributed by atoms with Crippen molar-refractivity contribution in [2.45, 2.75) is 91.4 Å². The van der Waals surface area contributed by atoms with Crippen LogP contribution in [0, 0.1) is 17.8 Å². The minimum Gasteiger partial charge on any atom is -0.481 e. The van der Waals surface area contributed by atoms with Gasteiger partial charge < -0.3 is 31.9 Å². The number of rotatable bonds is 15. The number of carboxylic acids is 2. The lowest BCUT2D eigenvalue weighted by Gasteiger charge is -2.29. The maximum absolute atomic E-state index is 13.1. The molecule has 190 valence electrons. The van der Waals surface area contributed by atoms with Crippen molar-refractivity contribution < 1.29 is 34.2 Å². The quantitative estimate of drug-likeness (QED) is 0.198. The summed E-state index contributed by atoms with van der Waals surface area (Å²) >= 11 is 0. The Labute approximate surface area is 195 Å². The molecule has 0 aliphatic heterocycles. The van der Waals surface area contributed by atoms with Gasteiger partial charge in [0.1, 0.15) is 18.1 Å². The number of carbonyl (C=O) groups is 5. The van der Waals surface area contributed by atoms with Crippen molar-refractivity contribution in [3.05, 3.63) is 0 Å². The van der Waals surface area contributed by atoms with Gasteiger partial charge in [-0.3, -0.25) is 19.2 Å². The lowest BCUT2D eigenvalue weighted by atomic mass is 9.95. The minimum absolute atomic E-state index is 0.00792. The third kappa shape index (κ3) is 10.6. The molecule has 0 aromatic carbocycles. The Hall–Kier alpha value is -2.69. The molecule has 0 aliphatic carbocycles. The predicted molar refractivity (Wildman–Crippen MR) is 122 cm³/mol. The number of nitrogens with two attached hydrogens (primary N) is 1. The summed E-state index contributed by atoms with van der Waals surface area (Å²) in [4.78, 5) is 60.7. The summed E-state index contributed by atoms with van der Waals surface area (Å²) in [5.74, 6) is -5.09. The molecular weight excluding hydrogens is 432 g/mol. The van der Waals surface area contributed by atoms with Crippen LogP contribution >= 0.6 is 0 Å². The number of carbonyl (C=O) groups excluding carboxylic acids is 3. The molecule has 6 unspecified atom stereocenters. The van der Waals surface area contributed by atoms with E-state index in [1.165, 1.54) is 0 Å². The number of hydrogen-bond donors (Lipinski definition) is 6. The van der Waals surface area contributed by atoms with Crippen molar-refractivity contribution in [3.63, 3.8) is 0 Å². The Bertz CT molecular complexity index is 698. The Kier molecular flexibility index (Phi) is 13.3. The van der Waals surface area contributed by atoms with E-state index in [-0.39, 0.29) is 24.2 Å². The van der Waals surface area contributed by atoms with E-state index in [4.69, 9.17) is 10.8 Å². The van der Waals surface area contributed by atoms with Gasteiger partial charge in [0, 0.05) is 0 Å². The van der Waals surface area contributed by atoms with Gasteiger partial charge >= 0.3 is 11.9 Å². The largest absolute Gasteiger partial charge is 0.481 e. The van der Waals surface area contributed by atoms with Crippen molar-refractivity contribution >= 4 is 29.7 Å². The molecule has 0 saturated carbocycles. The first-order chi connectivity index (χ1) is 15.2. The second-order valence-electron chi connectivity index (χ2n) is 8.98. The van der Waals surface area contributed by atoms with Crippen LogP contribution in [0.5, 0.6) is 0 Å². The topological polar surface area (TPSA) is 188 Å². The third-order valence-electron chi connectivity index (χ3n) is 5.64. The molecule has 0 heterocycles. The van der Waals surface area contributed by atoms with Crippen LogP contribution in [0.4, 0.5) is 0 Å². The van der Waals surface area contributed by atoms with E-state index in [9.17, 15) is 29.1 Å². The van der Waals surface area contributed by atoms with Gasteiger partial charge in [0.25, 0.3) is 0 Å². The number of nitrogens with one attached hydrogen (secondary N) is 3. The van der Waals surface area contributed by atoms with Gasteiger partial charge in [-0.1, -0.05) is 54.4 Å². The fourth-order valence-electron chi connectivity index (χ4n) is 3.14. The molecule has 0 radical (unpaired) electrons. The van der Waals surface area contributed by atoms with Crippen LogP contribution in [0.1, 0.15) is 67.2 Å².